The molecule has 4 aromatic rings. The standard InChI is InChI=1S/C18H16ClNO5.C12H10Cl2N2O4.C4H10/c1-3-22-17(21)11(2)23-13-5-7-14(8-6-13)24-18-20-15-9-4-12(19)10-16(15)25-18;1-12(11(19)20)5-8(10(17)18)15-16(12)9-3-2-6(13)4-7(9)14;1-3-4-2/h4-11H,3H2,1-2H3;2-4H,5H2,1H3,(H,17,18)(H,19,20);3-4H2,1-2H3/t11-;;/m1../s1. The molecule has 0 saturated carbocycles. The molecule has 0 fully saturated rings. The van der Waals surface area contributed by atoms with Gasteiger partial charge in [-0.05, 0) is 75.4 Å². The second kappa shape index (κ2) is 17.8. The van der Waals surface area contributed by atoms with Gasteiger partial charge in [-0.2, -0.15) is 10.1 Å². The molecular weight excluding hydrogens is 701 g/mol. The number of aliphatic carboxylic acids is 2. The minimum absolute atomic E-state index is 0.117. The van der Waals surface area contributed by atoms with Gasteiger partial charge in [-0.15, -0.1) is 0 Å². The van der Waals surface area contributed by atoms with E-state index in [1.165, 1.54) is 38.0 Å². The van der Waals surface area contributed by atoms with Crippen molar-refractivity contribution in [2.45, 2.75) is 65.5 Å². The average Bonchev–Trinajstić information content (AvgIpc) is 3.63. The second-order valence-electron chi connectivity index (χ2n) is 10.7. The summed E-state index contributed by atoms with van der Waals surface area (Å²) in [4.78, 5) is 38.3. The van der Waals surface area contributed by atoms with Crippen LogP contribution in [0.1, 0.15) is 53.9 Å². The summed E-state index contributed by atoms with van der Waals surface area (Å²) in [5, 5.41) is 24.5. The van der Waals surface area contributed by atoms with Crippen molar-refractivity contribution in [3.05, 3.63) is 75.7 Å². The van der Waals surface area contributed by atoms with E-state index in [0.717, 1.165) is 5.01 Å². The SMILES string of the molecule is CC1(C(=O)O)CC(C(=O)O)=NN1c1ccc(Cl)cc1Cl.CCCC.CCOC(=O)[C@@H](C)Oc1ccc(Oc2nc3ccc(Cl)cc3o2)cc1. The Kier molecular flexibility index (Phi) is 14.1. The monoisotopic (exact) mass is 735 g/mol. The summed E-state index contributed by atoms with van der Waals surface area (Å²) in [6.07, 6.45) is 1.84. The van der Waals surface area contributed by atoms with Crippen LogP contribution in [0.4, 0.5) is 5.69 Å². The van der Waals surface area contributed by atoms with Crippen LogP contribution in [-0.4, -0.2) is 57.1 Å². The summed E-state index contributed by atoms with van der Waals surface area (Å²) in [5.74, 6) is -1.81. The Hall–Kier alpha value is -4.52. The summed E-state index contributed by atoms with van der Waals surface area (Å²) in [5.41, 5.74) is -0.253. The predicted molar refractivity (Wildman–Crippen MR) is 188 cm³/mol. The van der Waals surface area contributed by atoms with Crippen LogP contribution in [0.2, 0.25) is 15.1 Å². The fraction of sp³-hybridized carbons (Fsp3) is 0.324. The third kappa shape index (κ3) is 10.5. The summed E-state index contributed by atoms with van der Waals surface area (Å²) >= 11 is 17.7. The van der Waals surface area contributed by atoms with E-state index >= 15 is 0 Å². The van der Waals surface area contributed by atoms with Gasteiger partial charge in [-0.1, -0.05) is 61.5 Å². The lowest BCUT2D eigenvalue weighted by molar-refractivity contribution is -0.150. The lowest BCUT2D eigenvalue weighted by Crippen LogP contribution is -2.47. The van der Waals surface area contributed by atoms with Gasteiger partial charge in [0.1, 0.15) is 22.7 Å². The molecule has 0 bridgehead atoms. The van der Waals surface area contributed by atoms with Gasteiger partial charge < -0.3 is 28.8 Å². The van der Waals surface area contributed by atoms with Crippen LogP contribution in [0.5, 0.6) is 17.6 Å². The van der Waals surface area contributed by atoms with E-state index in [0.29, 0.717) is 39.3 Å². The van der Waals surface area contributed by atoms with Gasteiger partial charge in [0.05, 0.1) is 17.3 Å². The lowest BCUT2D eigenvalue weighted by atomic mass is 9.95. The van der Waals surface area contributed by atoms with Gasteiger partial charge in [0.15, 0.2) is 17.2 Å². The molecule has 1 aliphatic heterocycles. The zero-order chi connectivity index (χ0) is 36.3. The predicted octanol–water partition coefficient (Wildman–Crippen LogP) is 8.90. The van der Waals surface area contributed by atoms with Crippen molar-refractivity contribution in [2.24, 2.45) is 5.10 Å². The van der Waals surface area contributed by atoms with Crippen LogP contribution in [0.25, 0.3) is 11.1 Å². The highest BCUT2D eigenvalue weighted by atomic mass is 35.5. The molecule has 12 nitrogen and oxygen atoms in total. The molecule has 5 rings (SSSR count). The number of unbranched alkanes of at least 4 members (excludes halogenated alkanes) is 1. The second-order valence-corrected chi connectivity index (χ2v) is 12.0. The molecule has 15 heteroatoms. The number of oxazole rings is 1. The number of anilines is 1. The number of aromatic nitrogens is 1. The van der Waals surface area contributed by atoms with Gasteiger partial charge in [0, 0.05) is 22.5 Å². The molecule has 0 amide bonds. The maximum Gasteiger partial charge on any atom is 0.400 e. The van der Waals surface area contributed by atoms with Crippen LogP contribution in [-0.2, 0) is 19.1 Å². The summed E-state index contributed by atoms with van der Waals surface area (Å²) < 4.78 is 21.5. The number of esters is 1. The summed E-state index contributed by atoms with van der Waals surface area (Å²) in [6.45, 7) is 9.44. The van der Waals surface area contributed by atoms with Gasteiger partial charge >= 0.3 is 24.0 Å². The van der Waals surface area contributed by atoms with Gasteiger partial charge in [0.25, 0.3) is 0 Å². The van der Waals surface area contributed by atoms with Crippen molar-refractivity contribution in [1.29, 1.82) is 0 Å². The normalized spacial score (nSPS) is 15.6. The number of carboxylic acid groups (broad SMARTS) is 2. The summed E-state index contributed by atoms with van der Waals surface area (Å²) in [7, 11) is 0. The highest BCUT2D eigenvalue weighted by Crippen LogP contribution is 2.38. The molecule has 3 aromatic carbocycles. The van der Waals surface area contributed by atoms with Gasteiger partial charge in [-0.25, -0.2) is 19.4 Å². The molecule has 0 radical (unpaired) electrons. The first-order valence-corrected chi connectivity index (χ1v) is 16.3. The van der Waals surface area contributed by atoms with Crippen molar-refractivity contribution in [1.82, 2.24) is 4.98 Å². The number of carbonyl (C=O) groups excluding carboxylic acids is 1. The Morgan fingerprint density at radius 3 is 2.12 bits per heavy atom. The number of hydrogen-bond acceptors (Lipinski definition) is 10. The van der Waals surface area contributed by atoms with E-state index < -0.39 is 29.6 Å². The van der Waals surface area contributed by atoms with E-state index in [9.17, 15) is 19.5 Å². The number of fused-ring (bicyclic) bond motifs is 1. The fourth-order valence-electron chi connectivity index (χ4n) is 4.04. The van der Waals surface area contributed by atoms with Crippen LogP contribution >= 0.6 is 34.8 Å². The smallest absolute Gasteiger partial charge is 0.400 e. The van der Waals surface area contributed by atoms with E-state index in [4.69, 9.17) is 58.5 Å². The number of hydrazone groups is 1. The van der Waals surface area contributed by atoms with Crippen LogP contribution < -0.4 is 14.5 Å². The van der Waals surface area contributed by atoms with Crippen molar-refractivity contribution >= 4 is 75.2 Å². The van der Waals surface area contributed by atoms with E-state index in [-0.39, 0.29) is 28.9 Å². The van der Waals surface area contributed by atoms with E-state index in [2.05, 4.69) is 23.9 Å². The van der Waals surface area contributed by atoms with Crippen LogP contribution in [0.15, 0.2) is 70.2 Å². The zero-order valence-electron chi connectivity index (χ0n) is 27.4. The largest absolute Gasteiger partial charge is 0.479 e. The third-order valence-electron chi connectivity index (χ3n) is 6.84. The van der Waals surface area contributed by atoms with Crippen molar-refractivity contribution < 1.29 is 43.2 Å². The van der Waals surface area contributed by atoms with Crippen molar-refractivity contribution in [2.75, 3.05) is 11.6 Å². The molecule has 2 atom stereocenters. The highest BCUT2D eigenvalue weighted by Gasteiger charge is 2.48. The summed E-state index contributed by atoms with van der Waals surface area (Å²) in [6, 6.07) is 16.4. The minimum Gasteiger partial charge on any atom is -0.479 e. The highest BCUT2D eigenvalue weighted by molar-refractivity contribution is 6.38. The first kappa shape index (κ1) is 38.9. The fourth-order valence-corrected chi connectivity index (χ4v) is 4.70. The number of carboxylic acids is 2. The average molecular weight is 737 g/mol. The molecule has 262 valence electrons. The molecule has 0 aliphatic carbocycles. The Morgan fingerprint density at radius 1 is 0.939 bits per heavy atom. The maximum atomic E-state index is 11.6. The molecule has 0 spiro atoms. The Balaban J connectivity index is 0.000000244. The zero-order valence-corrected chi connectivity index (χ0v) is 29.7. The topological polar surface area (TPSA) is 161 Å². The van der Waals surface area contributed by atoms with Crippen LogP contribution in [0.3, 0.4) is 0 Å². The quantitative estimate of drug-likeness (QED) is 0.150. The Morgan fingerprint density at radius 2 is 1.55 bits per heavy atom. The van der Waals surface area contributed by atoms with E-state index in [1.54, 1.807) is 56.3 Å². The molecule has 49 heavy (non-hydrogen) atoms. The number of rotatable bonds is 10. The molecule has 1 aromatic heterocycles. The van der Waals surface area contributed by atoms with Crippen molar-refractivity contribution in [3.8, 4) is 17.6 Å². The molecule has 2 heterocycles. The lowest BCUT2D eigenvalue weighted by Gasteiger charge is -2.30. The first-order chi connectivity index (χ1) is 23.2. The minimum atomic E-state index is -1.51. The maximum absolute atomic E-state index is 11.6. The number of ether oxygens (including phenoxy) is 3. The number of carbonyl (C=O) groups is 3. The van der Waals surface area contributed by atoms with Gasteiger partial charge in [-0.3, -0.25) is 0 Å². The van der Waals surface area contributed by atoms with E-state index in [1.807, 2.05) is 0 Å². The number of nitrogens with zero attached hydrogens (tertiary/aromatic N) is 3. The Bertz CT molecular complexity index is 1790. The van der Waals surface area contributed by atoms with Gasteiger partial charge in [0.2, 0.25) is 0 Å². The molecule has 1 aliphatic rings. The number of halogens is 3. The van der Waals surface area contributed by atoms with Crippen LogP contribution in [0, 0.1) is 0 Å². The molecular formula is C34H36Cl3N3O9. The number of benzene rings is 3. The molecule has 2 N–H and O–H groups in total. The first-order valence-electron chi connectivity index (χ1n) is 15.2. The molecule has 1 unspecified atom stereocenters. The third-order valence-corrected chi connectivity index (χ3v) is 7.61. The van der Waals surface area contributed by atoms with Crippen molar-refractivity contribution in [3.63, 3.8) is 0 Å². The number of hydrogen-bond donors (Lipinski definition) is 2. The Labute approximate surface area is 298 Å². The molecule has 0 saturated heterocycles.